The first-order valence-corrected chi connectivity index (χ1v) is 25.3. The predicted molar refractivity (Wildman–Crippen MR) is 273 cm³/mol. The third kappa shape index (κ3) is 10.1. The van der Waals surface area contributed by atoms with Crippen LogP contribution in [0.4, 0.5) is 9.59 Å². The van der Waals surface area contributed by atoms with Gasteiger partial charge < -0.3 is 49.1 Å². The van der Waals surface area contributed by atoms with Crippen molar-refractivity contribution in [3.8, 4) is 34.0 Å². The van der Waals surface area contributed by atoms with E-state index in [4.69, 9.17) is 28.9 Å². The first kappa shape index (κ1) is 49.3. The molecule has 2 saturated heterocycles. The summed E-state index contributed by atoms with van der Waals surface area (Å²) in [5.41, 5.74) is 8.98. The molecule has 5 aromatic rings. The highest BCUT2D eigenvalue weighted by Gasteiger charge is 2.40. The molecule has 4 aliphatic rings. The van der Waals surface area contributed by atoms with Gasteiger partial charge in [-0.25, -0.2) is 14.6 Å². The number of hydrogen-bond acceptors (Lipinski definition) is 11. The predicted octanol–water partition coefficient (Wildman–Crippen LogP) is 9.60. The van der Waals surface area contributed by atoms with E-state index in [1.807, 2.05) is 64.0 Å². The lowest BCUT2D eigenvalue weighted by molar-refractivity contribution is -0.135. The SMILES string of the molecule is CCOc1cccc(C2Oc3cc(/C4=C/N=C([C@@H]5CCCN5C(O)[C@@H](NC(=O)OC)C(C)C)CCCC4)ccc3-c3cc4cc(-c5cnc([C@@H]6CCCN6C(=O)[C@@H](NC(=O)OC)C(C)C)[nH]5)ccc4n32)c1. The van der Waals surface area contributed by atoms with Crippen LogP contribution in [-0.2, 0) is 14.3 Å². The Morgan fingerprint density at radius 2 is 1.62 bits per heavy atom. The minimum atomic E-state index is -0.881. The molecule has 2 fully saturated rings. The fourth-order valence-electron chi connectivity index (χ4n) is 10.9. The largest absolute Gasteiger partial charge is 0.494 e. The van der Waals surface area contributed by atoms with Gasteiger partial charge in [0.1, 0.15) is 29.6 Å². The molecule has 2 aromatic heterocycles. The molecular formula is C55H68N8O8. The van der Waals surface area contributed by atoms with Crippen LogP contribution in [0.2, 0.25) is 0 Å². The second kappa shape index (κ2) is 21.4. The molecule has 0 aliphatic carbocycles. The van der Waals surface area contributed by atoms with Gasteiger partial charge in [-0.3, -0.25) is 14.7 Å². The number of fused-ring (bicyclic) bond motifs is 5. The van der Waals surface area contributed by atoms with Gasteiger partial charge in [0, 0.05) is 47.1 Å². The number of allylic oxidation sites excluding steroid dienone is 1. The summed E-state index contributed by atoms with van der Waals surface area (Å²) >= 11 is 0. The van der Waals surface area contributed by atoms with Crippen molar-refractivity contribution in [2.45, 2.75) is 123 Å². The number of carbonyl (C=O) groups excluding carboxylic acids is 3. The van der Waals surface area contributed by atoms with Crippen LogP contribution < -0.4 is 20.1 Å². The first-order valence-electron chi connectivity index (χ1n) is 25.3. The number of methoxy groups -OCH3 is 2. The van der Waals surface area contributed by atoms with E-state index in [0.717, 1.165) is 119 Å². The van der Waals surface area contributed by atoms with Crippen LogP contribution >= 0.6 is 0 Å². The highest BCUT2D eigenvalue weighted by Crippen LogP contribution is 2.46. The Balaban J connectivity index is 1.03. The third-order valence-electron chi connectivity index (χ3n) is 14.6. The summed E-state index contributed by atoms with van der Waals surface area (Å²) in [6, 6.07) is 21.7. The van der Waals surface area contributed by atoms with Crippen molar-refractivity contribution in [1.29, 1.82) is 0 Å². The Morgan fingerprint density at radius 3 is 2.39 bits per heavy atom. The maximum atomic E-state index is 13.8. The zero-order valence-electron chi connectivity index (χ0n) is 41.9. The lowest BCUT2D eigenvalue weighted by Gasteiger charge is -2.37. The Hall–Kier alpha value is -6.65. The molecular weight excluding hydrogens is 901 g/mol. The standard InChI is InChI=1S/C55H68N8O8/c1-8-70-39-16-11-15-36(27-39)53-63-43-23-21-35(42-31-57-50(58-42)45-19-13-25-62(45)52(65)49(33(4)5)60-55(67)69-7)26-38(43)28-46(63)40-22-20-34(29-47(40)71-53)37-14-9-10-17-41(56-30-37)44-18-12-24-61(44)51(64)48(32(2)3)59-54(66)68-6/h11,15-16,20-23,26-33,44-45,48-49,51,53,64H,8-10,12-14,17-19,24-25H2,1-7H3,(H,57,58)(H,59,66)(H,60,67)/b37-30+,56-41?/t44-,45-,48-,49-,51?,53?/m0/s1. The van der Waals surface area contributed by atoms with E-state index in [9.17, 15) is 19.5 Å². The zero-order valence-corrected chi connectivity index (χ0v) is 41.9. The minimum Gasteiger partial charge on any atom is -0.494 e. The number of aromatic amines is 1. The topological polar surface area (TPSA) is 185 Å². The van der Waals surface area contributed by atoms with Gasteiger partial charge in [-0.15, -0.1) is 0 Å². The smallest absolute Gasteiger partial charge is 0.407 e. The van der Waals surface area contributed by atoms with Crippen molar-refractivity contribution in [2.24, 2.45) is 16.8 Å². The minimum absolute atomic E-state index is 0.0108. The number of aromatic nitrogens is 3. The van der Waals surface area contributed by atoms with E-state index in [0.29, 0.717) is 25.5 Å². The summed E-state index contributed by atoms with van der Waals surface area (Å²) in [6.07, 6.45) is 8.36. The number of ether oxygens (including phenoxy) is 4. The summed E-state index contributed by atoms with van der Waals surface area (Å²) < 4.78 is 25.1. The first-order chi connectivity index (χ1) is 34.4. The van der Waals surface area contributed by atoms with Crippen LogP contribution in [0.3, 0.4) is 0 Å². The second-order valence-corrected chi connectivity index (χ2v) is 19.8. The average molecular weight is 969 g/mol. The molecule has 4 N–H and O–H groups in total. The summed E-state index contributed by atoms with van der Waals surface area (Å²) in [7, 11) is 2.63. The number of nitrogens with zero attached hydrogens (tertiary/aromatic N) is 5. The van der Waals surface area contributed by atoms with E-state index in [1.54, 1.807) is 0 Å². The molecule has 4 aliphatic heterocycles. The maximum Gasteiger partial charge on any atom is 0.407 e. The number of hydrogen-bond donors (Lipinski definition) is 4. The number of amides is 3. The van der Waals surface area contributed by atoms with Crippen molar-refractivity contribution < 1.29 is 38.4 Å². The molecule has 0 spiro atoms. The van der Waals surface area contributed by atoms with Crippen molar-refractivity contribution in [3.63, 3.8) is 0 Å². The molecule has 6 atom stereocenters. The Bertz CT molecular complexity index is 2810. The number of H-pyrrole nitrogens is 1. The van der Waals surface area contributed by atoms with Crippen LogP contribution in [0.1, 0.15) is 115 Å². The second-order valence-electron chi connectivity index (χ2n) is 19.8. The van der Waals surface area contributed by atoms with Crippen LogP contribution in [0, 0.1) is 11.8 Å². The van der Waals surface area contributed by atoms with Gasteiger partial charge >= 0.3 is 12.2 Å². The van der Waals surface area contributed by atoms with Crippen molar-refractivity contribution in [2.75, 3.05) is 33.9 Å². The molecule has 376 valence electrons. The lowest BCUT2D eigenvalue weighted by Crippen LogP contribution is -2.56. The van der Waals surface area contributed by atoms with E-state index in [-0.39, 0.29) is 29.8 Å². The summed E-state index contributed by atoms with van der Waals surface area (Å²) in [5, 5.41) is 18.3. The molecule has 0 saturated carbocycles. The van der Waals surface area contributed by atoms with Crippen molar-refractivity contribution in [3.05, 3.63) is 96.1 Å². The van der Waals surface area contributed by atoms with E-state index < -0.39 is 36.7 Å². The highest BCUT2D eigenvalue weighted by molar-refractivity contribution is 5.93. The number of alkyl carbamates (subject to hydrolysis) is 2. The monoisotopic (exact) mass is 969 g/mol. The third-order valence-corrected chi connectivity index (χ3v) is 14.6. The van der Waals surface area contributed by atoms with Gasteiger partial charge in [0.05, 0.1) is 62.1 Å². The van der Waals surface area contributed by atoms with Crippen molar-refractivity contribution >= 4 is 40.3 Å². The number of likely N-dealkylation sites (tertiary alicyclic amines) is 2. The Kier molecular flexibility index (Phi) is 14.8. The van der Waals surface area contributed by atoms with Gasteiger partial charge in [0.15, 0.2) is 0 Å². The summed E-state index contributed by atoms with van der Waals surface area (Å²) in [4.78, 5) is 55.7. The quantitative estimate of drug-likeness (QED) is 0.0836. The number of aliphatic imine (C=N–C) groups is 1. The average Bonchev–Trinajstić information content (AvgIpc) is 4.21. The molecule has 71 heavy (non-hydrogen) atoms. The lowest BCUT2D eigenvalue weighted by atomic mass is 9.94. The number of carbonyl (C=O) groups is 3. The fraction of sp³-hybridized carbons (Fsp3) is 0.473. The van der Waals surface area contributed by atoms with Gasteiger partial charge in [0.25, 0.3) is 0 Å². The molecule has 9 rings (SSSR count). The van der Waals surface area contributed by atoms with Crippen LogP contribution in [0.15, 0.2) is 84.1 Å². The molecule has 16 heteroatoms. The molecule has 0 bridgehead atoms. The summed E-state index contributed by atoms with van der Waals surface area (Å²) in [5.74, 6) is 1.96. The van der Waals surface area contributed by atoms with Gasteiger partial charge in [0.2, 0.25) is 12.1 Å². The highest BCUT2D eigenvalue weighted by atomic mass is 16.5. The molecule has 3 amide bonds. The van der Waals surface area contributed by atoms with Crippen LogP contribution in [0.25, 0.3) is 39.0 Å². The molecule has 2 unspecified atom stereocenters. The summed E-state index contributed by atoms with van der Waals surface area (Å²) in [6.45, 7) is 11.6. The number of aliphatic hydroxyl groups excluding tert-OH is 1. The number of imidazole rings is 1. The molecule has 3 aromatic carbocycles. The molecule has 0 radical (unpaired) electrons. The Labute approximate surface area is 415 Å². The Morgan fingerprint density at radius 1 is 0.859 bits per heavy atom. The normalized spacial score (nSPS) is 21.2. The molecule has 6 heterocycles. The zero-order chi connectivity index (χ0) is 49.9. The number of nitrogens with one attached hydrogen (secondary N) is 3. The van der Waals surface area contributed by atoms with E-state index >= 15 is 0 Å². The number of rotatable bonds is 14. The fourth-order valence-corrected chi connectivity index (χ4v) is 10.9. The van der Waals surface area contributed by atoms with Crippen LogP contribution in [-0.4, -0.2) is 112 Å². The van der Waals surface area contributed by atoms with Crippen molar-refractivity contribution in [1.82, 2.24) is 35.0 Å². The van der Waals surface area contributed by atoms with Gasteiger partial charge in [-0.2, -0.15) is 0 Å². The number of aliphatic hydroxyl groups is 1. The molecule has 16 nitrogen and oxygen atoms in total. The van der Waals surface area contributed by atoms with E-state index in [2.05, 4.69) is 79.7 Å². The van der Waals surface area contributed by atoms with Crippen LogP contribution in [0.5, 0.6) is 11.5 Å². The van der Waals surface area contributed by atoms with Gasteiger partial charge in [-0.05, 0) is 124 Å². The maximum absolute atomic E-state index is 13.8. The number of benzene rings is 3. The van der Waals surface area contributed by atoms with Gasteiger partial charge in [-0.1, -0.05) is 52.0 Å². The van der Waals surface area contributed by atoms with E-state index in [1.165, 1.54) is 14.2 Å².